The molecule has 1 aliphatic heterocycles. The second-order valence-corrected chi connectivity index (χ2v) is 6.37. The molecule has 1 saturated heterocycles. The van der Waals surface area contributed by atoms with Gasteiger partial charge in [0.05, 0.1) is 37.4 Å². The van der Waals surface area contributed by atoms with Crippen LogP contribution >= 0.6 is 12.2 Å². The molecule has 1 aromatic carbocycles. The smallest absolute Gasteiger partial charge is 0.359 e. The lowest BCUT2D eigenvalue weighted by Crippen LogP contribution is -3.15. The van der Waals surface area contributed by atoms with Gasteiger partial charge in [-0.25, -0.2) is 0 Å². The summed E-state index contributed by atoms with van der Waals surface area (Å²) in [4.78, 5) is 15.2. The zero-order chi connectivity index (χ0) is 19.2. The molecule has 0 unspecified atom stereocenters. The van der Waals surface area contributed by atoms with E-state index in [-0.39, 0.29) is 12.2 Å². The quantitative estimate of drug-likeness (QED) is 0.519. The van der Waals surface area contributed by atoms with E-state index in [0.717, 1.165) is 11.0 Å². The molecule has 0 aromatic heterocycles. The summed E-state index contributed by atoms with van der Waals surface area (Å²) in [7, 11) is 0. The molecule has 9 heteroatoms. The molecule has 0 aliphatic carbocycles. The number of carbonyl (C=O) groups excluding carboxylic acids is 1. The number of hydrogen-bond acceptors (Lipinski definition) is 2. The monoisotopic (exact) mass is 387 g/mol. The molecule has 0 radical (unpaired) electrons. The normalized spacial score (nSPS) is 15.4. The highest BCUT2D eigenvalue weighted by Crippen LogP contribution is 2.34. The number of benzene rings is 1. The average molecular weight is 387 g/mol. The Balaban J connectivity index is 1.85. The Morgan fingerprint density at radius 3 is 2.58 bits per heavy atom. The van der Waals surface area contributed by atoms with Crippen LogP contribution in [0.25, 0.3) is 0 Å². The van der Waals surface area contributed by atoms with Gasteiger partial charge in [0.1, 0.15) is 0 Å². The van der Waals surface area contributed by atoms with Gasteiger partial charge in [-0.05, 0) is 24.4 Å². The Bertz CT molecular complexity index is 658. The van der Waals surface area contributed by atoms with Crippen molar-refractivity contribution in [1.82, 2.24) is 10.2 Å². The van der Waals surface area contributed by atoms with Gasteiger partial charge in [-0.15, -0.1) is 6.58 Å². The summed E-state index contributed by atoms with van der Waals surface area (Å²) in [6.45, 7) is 7.07. The summed E-state index contributed by atoms with van der Waals surface area (Å²) in [6.07, 6.45) is -2.78. The highest BCUT2D eigenvalue weighted by molar-refractivity contribution is 7.80. The Kier molecular flexibility index (Phi) is 6.98. The molecule has 5 nitrogen and oxygen atoms in total. The van der Waals surface area contributed by atoms with Crippen LogP contribution in [0.15, 0.2) is 36.9 Å². The molecule has 0 spiro atoms. The molecular formula is C17H22F3N4OS+. The van der Waals surface area contributed by atoms with Crippen LogP contribution in [0.4, 0.5) is 18.9 Å². The van der Waals surface area contributed by atoms with E-state index >= 15 is 0 Å². The number of nitrogens with zero attached hydrogens (tertiary/aromatic N) is 1. The van der Waals surface area contributed by atoms with Crippen molar-refractivity contribution >= 4 is 28.9 Å². The number of quaternary nitrogens is 1. The first-order chi connectivity index (χ1) is 12.3. The molecular weight excluding hydrogens is 365 g/mol. The molecule has 1 aromatic rings. The summed E-state index contributed by atoms with van der Waals surface area (Å²) in [6, 6.07) is 4.98. The SMILES string of the molecule is C=CCNC(=S)N1CC[NH+](CC(=O)Nc2ccccc2C(F)(F)F)CC1. The number of amides is 1. The molecule has 142 valence electrons. The zero-order valence-corrected chi connectivity index (χ0v) is 15.1. The maximum atomic E-state index is 13.0. The van der Waals surface area contributed by atoms with E-state index in [1.165, 1.54) is 18.2 Å². The molecule has 1 amide bonds. The highest BCUT2D eigenvalue weighted by Gasteiger charge is 2.34. The first-order valence-electron chi connectivity index (χ1n) is 8.24. The van der Waals surface area contributed by atoms with Crippen molar-refractivity contribution in [2.24, 2.45) is 0 Å². The number of piperazine rings is 1. The molecule has 0 bridgehead atoms. The largest absolute Gasteiger partial charge is 0.418 e. The first-order valence-corrected chi connectivity index (χ1v) is 8.65. The van der Waals surface area contributed by atoms with E-state index in [1.807, 2.05) is 4.90 Å². The van der Waals surface area contributed by atoms with Crippen LogP contribution in [0.5, 0.6) is 0 Å². The van der Waals surface area contributed by atoms with Crippen LogP contribution < -0.4 is 15.5 Å². The number of rotatable bonds is 5. The molecule has 26 heavy (non-hydrogen) atoms. The number of halogens is 3. The van der Waals surface area contributed by atoms with E-state index < -0.39 is 17.6 Å². The molecule has 3 N–H and O–H groups in total. The molecule has 1 fully saturated rings. The fourth-order valence-electron chi connectivity index (χ4n) is 2.73. The number of para-hydroxylation sites is 1. The van der Waals surface area contributed by atoms with E-state index in [2.05, 4.69) is 17.2 Å². The molecule has 1 aliphatic rings. The summed E-state index contributed by atoms with van der Waals surface area (Å²) in [5, 5.41) is 6.08. The third-order valence-electron chi connectivity index (χ3n) is 4.07. The third-order valence-corrected chi connectivity index (χ3v) is 4.48. The minimum absolute atomic E-state index is 0.118. The van der Waals surface area contributed by atoms with Gasteiger partial charge in [-0.1, -0.05) is 18.2 Å². The number of carbonyl (C=O) groups is 1. The Morgan fingerprint density at radius 1 is 1.31 bits per heavy atom. The Morgan fingerprint density at radius 2 is 1.96 bits per heavy atom. The van der Waals surface area contributed by atoms with Crippen molar-refractivity contribution in [3.63, 3.8) is 0 Å². The van der Waals surface area contributed by atoms with Gasteiger partial charge >= 0.3 is 6.18 Å². The van der Waals surface area contributed by atoms with Gasteiger partial charge in [0, 0.05) is 6.54 Å². The van der Waals surface area contributed by atoms with E-state index in [4.69, 9.17) is 12.2 Å². The van der Waals surface area contributed by atoms with Gasteiger partial charge in [-0.2, -0.15) is 13.2 Å². The van der Waals surface area contributed by atoms with E-state index in [9.17, 15) is 18.0 Å². The van der Waals surface area contributed by atoms with E-state index in [0.29, 0.717) is 37.8 Å². The topological polar surface area (TPSA) is 48.8 Å². The van der Waals surface area contributed by atoms with Crippen molar-refractivity contribution in [3.05, 3.63) is 42.5 Å². The Labute approximate surface area is 155 Å². The highest BCUT2D eigenvalue weighted by atomic mass is 32.1. The van der Waals surface area contributed by atoms with Gasteiger partial charge in [-0.3, -0.25) is 4.79 Å². The fourth-order valence-corrected chi connectivity index (χ4v) is 3.00. The predicted molar refractivity (Wildman–Crippen MR) is 98.0 cm³/mol. The lowest BCUT2D eigenvalue weighted by atomic mass is 10.1. The minimum atomic E-state index is -4.50. The summed E-state index contributed by atoms with van der Waals surface area (Å²) >= 11 is 5.27. The van der Waals surface area contributed by atoms with Gasteiger partial charge in [0.15, 0.2) is 11.7 Å². The molecule has 1 heterocycles. The van der Waals surface area contributed by atoms with Crippen molar-refractivity contribution in [2.75, 3.05) is 44.6 Å². The number of thiocarbonyl (C=S) groups is 1. The summed E-state index contributed by atoms with van der Waals surface area (Å²) in [5.74, 6) is -0.433. The summed E-state index contributed by atoms with van der Waals surface area (Å²) in [5.41, 5.74) is -1.05. The van der Waals surface area contributed by atoms with Crippen molar-refractivity contribution in [2.45, 2.75) is 6.18 Å². The molecule has 2 rings (SSSR count). The number of alkyl halides is 3. The van der Waals surface area contributed by atoms with Crippen LogP contribution in [-0.2, 0) is 11.0 Å². The second-order valence-electron chi connectivity index (χ2n) is 5.98. The maximum absolute atomic E-state index is 13.0. The van der Waals surface area contributed by atoms with Gasteiger partial charge in [0.25, 0.3) is 5.91 Å². The number of anilines is 1. The van der Waals surface area contributed by atoms with Crippen LogP contribution in [0, 0.1) is 0 Å². The molecule has 0 atom stereocenters. The summed E-state index contributed by atoms with van der Waals surface area (Å²) < 4.78 is 38.9. The van der Waals surface area contributed by atoms with Crippen LogP contribution in [-0.4, -0.2) is 55.2 Å². The van der Waals surface area contributed by atoms with Crippen LogP contribution in [0.2, 0.25) is 0 Å². The number of hydrogen-bond donors (Lipinski definition) is 3. The van der Waals surface area contributed by atoms with E-state index in [1.54, 1.807) is 6.08 Å². The maximum Gasteiger partial charge on any atom is 0.418 e. The van der Waals surface area contributed by atoms with Crippen molar-refractivity contribution < 1.29 is 22.9 Å². The van der Waals surface area contributed by atoms with Crippen molar-refractivity contribution in [1.29, 1.82) is 0 Å². The number of nitrogens with one attached hydrogen (secondary N) is 3. The third kappa shape index (κ3) is 5.70. The van der Waals surface area contributed by atoms with Gasteiger partial charge < -0.3 is 20.4 Å². The van der Waals surface area contributed by atoms with Crippen LogP contribution in [0.3, 0.4) is 0 Å². The zero-order valence-electron chi connectivity index (χ0n) is 14.2. The lowest BCUT2D eigenvalue weighted by Gasteiger charge is -2.33. The standard InChI is InChI=1S/C17H21F3N4OS/c1-2-7-21-16(26)24-10-8-23(9-11-24)12-15(25)22-14-6-4-3-5-13(14)17(18,19)20/h2-6H,1,7-12H2,(H,21,26)(H,22,25)/p+1. The average Bonchev–Trinajstić information content (AvgIpc) is 2.59. The fraction of sp³-hybridized carbons (Fsp3) is 0.412. The predicted octanol–water partition coefficient (Wildman–Crippen LogP) is 0.905. The van der Waals surface area contributed by atoms with Crippen molar-refractivity contribution in [3.8, 4) is 0 Å². The second kappa shape index (κ2) is 9.00. The lowest BCUT2D eigenvalue weighted by molar-refractivity contribution is -0.895. The molecule has 0 saturated carbocycles. The van der Waals surface area contributed by atoms with Gasteiger partial charge in [0.2, 0.25) is 0 Å². The Hall–Kier alpha value is -2.13. The minimum Gasteiger partial charge on any atom is -0.359 e. The first kappa shape index (κ1) is 20.2. The van der Waals surface area contributed by atoms with Crippen LogP contribution in [0.1, 0.15) is 5.56 Å².